The van der Waals surface area contributed by atoms with Gasteiger partial charge in [-0.25, -0.2) is 9.97 Å². The molecule has 1 heterocycles. The van der Waals surface area contributed by atoms with Gasteiger partial charge in [0, 0.05) is 18.0 Å². The van der Waals surface area contributed by atoms with Crippen LogP contribution in [0.2, 0.25) is 0 Å². The quantitative estimate of drug-likeness (QED) is 0.562. The minimum absolute atomic E-state index is 0.168. The Kier molecular flexibility index (Phi) is 7.35. The van der Waals surface area contributed by atoms with Crippen molar-refractivity contribution in [3.63, 3.8) is 0 Å². The third-order valence-corrected chi connectivity index (χ3v) is 5.22. The van der Waals surface area contributed by atoms with Crippen molar-refractivity contribution in [1.29, 1.82) is 0 Å². The van der Waals surface area contributed by atoms with Crippen molar-refractivity contribution in [1.82, 2.24) is 9.97 Å². The molecular formula is C21H31N3O. The summed E-state index contributed by atoms with van der Waals surface area (Å²) in [6, 6.07) is 0.391. The Hall–Kier alpha value is -1.97. The standard InChI is InChI=1S/C21H31N3O/c1-5-7-11-20-16(4)22-14-23-21(20)24-18-10-8-9-17(15(3)12-18)13-19(25)6-2/h6-7,11,14-15,17-18H,2,5,8-10,12-13H2,1,3-4H3,(H,22,23,24). The van der Waals surface area contributed by atoms with Crippen molar-refractivity contribution in [2.24, 2.45) is 11.8 Å². The number of ketones is 1. The summed E-state index contributed by atoms with van der Waals surface area (Å²) in [4.78, 5) is 20.5. The zero-order valence-corrected chi connectivity index (χ0v) is 15.8. The van der Waals surface area contributed by atoms with E-state index in [4.69, 9.17) is 0 Å². The van der Waals surface area contributed by atoms with Gasteiger partial charge in [0.15, 0.2) is 5.78 Å². The highest BCUT2D eigenvalue weighted by Gasteiger charge is 2.27. The van der Waals surface area contributed by atoms with Gasteiger partial charge in [0.05, 0.1) is 5.69 Å². The van der Waals surface area contributed by atoms with E-state index < -0.39 is 0 Å². The summed E-state index contributed by atoms with van der Waals surface area (Å²) in [5.41, 5.74) is 2.08. The van der Waals surface area contributed by atoms with E-state index in [1.165, 1.54) is 6.08 Å². The van der Waals surface area contributed by atoms with E-state index >= 15 is 0 Å². The van der Waals surface area contributed by atoms with Crippen LogP contribution in [0.25, 0.3) is 6.08 Å². The second-order valence-electron chi connectivity index (χ2n) is 7.15. The van der Waals surface area contributed by atoms with Crippen molar-refractivity contribution in [3.8, 4) is 0 Å². The lowest BCUT2D eigenvalue weighted by Crippen LogP contribution is -2.24. The van der Waals surface area contributed by atoms with Gasteiger partial charge in [-0.2, -0.15) is 0 Å². The maximum Gasteiger partial charge on any atom is 0.155 e. The van der Waals surface area contributed by atoms with E-state index in [0.29, 0.717) is 24.3 Å². The number of hydrogen-bond donors (Lipinski definition) is 1. The van der Waals surface area contributed by atoms with Gasteiger partial charge in [-0.15, -0.1) is 0 Å². The Balaban J connectivity index is 2.08. The zero-order chi connectivity index (χ0) is 18.2. The van der Waals surface area contributed by atoms with Crippen LogP contribution in [0, 0.1) is 18.8 Å². The number of carbonyl (C=O) groups is 1. The van der Waals surface area contributed by atoms with Gasteiger partial charge in [0.1, 0.15) is 12.1 Å². The molecule has 3 atom stereocenters. The summed E-state index contributed by atoms with van der Waals surface area (Å²) in [5, 5.41) is 3.65. The molecule has 3 unspecified atom stereocenters. The minimum Gasteiger partial charge on any atom is -0.367 e. The van der Waals surface area contributed by atoms with Gasteiger partial charge in [-0.05, 0) is 50.5 Å². The molecule has 0 amide bonds. The van der Waals surface area contributed by atoms with Gasteiger partial charge in [0.25, 0.3) is 0 Å². The molecule has 2 rings (SSSR count). The van der Waals surface area contributed by atoms with E-state index in [0.717, 1.165) is 49.2 Å². The van der Waals surface area contributed by atoms with Crippen LogP contribution in [-0.2, 0) is 4.79 Å². The molecule has 0 aromatic carbocycles. The monoisotopic (exact) mass is 341 g/mol. The average molecular weight is 341 g/mol. The second-order valence-corrected chi connectivity index (χ2v) is 7.15. The summed E-state index contributed by atoms with van der Waals surface area (Å²) in [6.45, 7) is 10.0. The average Bonchev–Trinajstić information content (AvgIpc) is 2.76. The molecule has 4 heteroatoms. The van der Waals surface area contributed by atoms with Gasteiger partial charge in [-0.1, -0.05) is 39.0 Å². The largest absolute Gasteiger partial charge is 0.367 e. The molecule has 1 N–H and O–H groups in total. The molecule has 1 aromatic heterocycles. The summed E-state index contributed by atoms with van der Waals surface area (Å²) in [5.74, 6) is 2.07. The highest BCUT2D eigenvalue weighted by atomic mass is 16.1. The molecule has 0 radical (unpaired) electrons. The molecular weight excluding hydrogens is 310 g/mol. The molecule has 0 aliphatic heterocycles. The second kappa shape index (κ2) is 9.50. The van der Waals surface area contributed by atoms with E-state index in [1.807, 2.05) is 6.92 Å². The molecule has 1 fully saturated rings. The van der Waals surface area contributed by atoms with Gasteiger partial charge in [-0.3, -0.25) is 4.79 Å². The summed E-state index contributed by atoms with van der Waals surface area (Å²) in [7, 11) is 0. The van der Waals surface area contributed by atoms with Gasteiger partial charge < -0.3 is 5.32 Å². The molecule has 0 bridgehead atoms. The lowest BCUT2D eigenvalue weighted by atomic mass is 9.85. The molecule has 1 aliphatic rings. The molecule has 0 saturated heterocycles. The normalized spacial score (nSPS) is 24.0. The molecule has 136 valence electrons. The highest BCUT2D eigenvalue weighted by molar-refractivity contribution is 5.89. The number of rotatable bonds is 7. The first-order valence-corrected chi connectivity index (χ1v) is 9.45. The Morgan fingerprint density at radius 3 is 2.92 bits per heavy atom. The fraction of sp³-hybridized carbons (Fsp3) is 0.571. The first-order chi connectivity index (χ1) is 12.0. The number of nitrogens with one attached hydrogen (secondary N) is 1. The molecule has 1 aliphatic carbocycles. The van der Waals surface area contributed by atoms with Crippen molar-refractivity contribution in [2.45, 2.75) is 65.3 Å². The topological polar surface area (TPSA) is 54.9 Å². The molecule has 0 spiro atoms. The lowest BCUT2D eigenvalue weighted by molar-refractivity contribution is -0.115. The molecule has 25 heavy (non-hydrogen) atoms. The number of carbonyl (C=O) groups excluding carboxylic acids is 1. The molecule has 1 saturated carbocycles. The van der Waals surface area contributed by atoms with Crippen LogP contribution < -0.4 is 5.32 Å². The third-order valence-electron chi connectivity index (χ3n) is 5.22. The van der Waals surface area contributed by atoms with Crippen LogP contribution in [0.5, 0.6) is 0 Å². The maximum atomic E-state index is 11.7. The Morgan fingerprint density at radius 2 is 2.20 bits per heavy atom. The Labute approximate surface area is 151 Å². The van der Waals surface area contributed by atoms with Gasteiger partial charge in [0.2, 0.25) is 0 Å². The van der Waals surface area contributed by atoms with Crippen molar-refractivity contribution in [3.05, 3.63) is 36.3 Å². The summed E-state index contributed by atoms with van der Waals surface area (Å²) in [6.07, 6.45) is 13.4. The van der Waals surface area contributed by atoms with Crippen molar-refractivity contribution < 1.29 is 4.79 Å². The lowest BCUT2D eigenvalue weighted by Gasteiger charge is -2.24. The van der Waals surface area contributed by atoms with Crippen LogP contribution >= 0.6 is 0 Å². The van der Waals surface area contributed by atoms with Crippen LogP contribution in [-0.4, -0.2) is 21.8 Å². The van der Waals surface area contributed by atoms with Crippen molar-refractivity contribution in [2.75, 3.05) is 5.32 Å². The summed E-state index contributed by atoms with van der Waals surface area (Å²) < 4.78 is 0. The minimum atomic E-state index is 0.168. The number of hydrogen-bond acceptors (Lipinski definition) is 4. The first-order valence-electron chi connectivity index (χ1n) is 9.45. The molecule has 1 aromatic rings. The summed E-state index contributed by atoms with van der Waals surface area (Å²) >= 11 is 0. The van der Waals surface area contributed by atoms with Crippen LogP contribution in [0.4, 0.5) is 5.82 Å². The molecule has 4 nitrogen and oxygen atoms in total. The number of anilines is 1. The number of aryl methyl sites for hydroxylation is 1. The van der Waals surface area contributed by atoms with E-state index in [9.17, 15) is 4.79 Å². The maximum absolute atomic E-state index is 11.7. The predicted octanol–water partition coefficient (Wildman–Crippen LogP) is 4.96. The number of allylic oxidation sites excluding steroid dienone is 2. The Morgan fingerprint density at radius 1 is 1.40 bits per heavy atom. The van der Waals surface area contributed by atoms with Crippen LogP contribution in [0.1, 0.15) is 63.6 Å². The van der Waals surface area contributed by atoms with E-state index in [2.05, 4.69) is 47.9 Å². The van der Waals surface area contributed by atoms with Gasteiger partial charge >= 0.3 is 0 Å². The highest BCUT2D eigenvalue weighted by Crippen LogP contribution is 2.33. The fourth-order valence-electron chi connectivity index (χ4n) is 3.67. The number of aromatic nitrogens is 2. The zero-order valence-electron chi connectivity index (χ0n) is 15.8. The van der Waals surface area contributed by atoms with E-state index in [-0.39, 0.29) is 5.78 Å². The third kappa shape index (κ3) is 5.52. The SMILES string of the molecule is C=CC(=O)CC1CCCC(Nc2ncnc(C)c2C=CCC)CC1C. The fourth-order valence-corrected chi connectivity index (χ4v) is 3.67. The predicted molar refractivity (Wildman–Crippen MR) is 104 cm³/mol. The van der Waals surface area contributed by atoms with Crippen LogP contribution in [0.3, 0.4) is 0 Å². The Bertz CT molecular complexity index is 624. The number of nitrogens with zero attached hydrogens (tertiary/aromatic N) is 2. The van der Waals surface area contributed by atoms with Crippen LogP contribution in [0.15, 0.2) is 25.1 Å². The van der Waals surface area contributed by atoms with Crippen molar-refractivity contribution >= 4 is 17.7 Å². The smallest absolute Gasteiger partial charge is 0.155 e. The first kappa shape index (κ1) is 19.4. The van der Waals surface area contributed by atoms with E-state index in [1.54, 1.807) is 6.33 Å².